The van der Waals surface area contributed by atoms with Crippen LogP contribution in [0.1, 0.15) is 52.9 Å². The van der Waals surface area contributed by atoms with Crippen molar-refractivity contribution in [3.63, 3.8) is 0 Å². The number of amides is 1. The van der Waals surface area contributed by atoms with Crippen LogP contribution in [0.2, 0.25) is 0 Å². The van der Waals surface area contributed by atoms with E-state index in [9.17, 15) is 4.79 Å². The number of para-hydroxylation sites is 1. The van der Waals surface area contributed by atoms with Gasteiger partial charge in [-0.05, 0) is 100 Å². The van der Waals surface area contributed by atoms with Crippen LogP contribution in [0.5, 0.6) is 0 Å². The fourth-order valence-electron chi connectivity index (χ4n) is 6.02. The first-order valence-electron chi connectivity index (χ1n) is 13.2. The minimum Gasteiger partial charge on any atom is -0.344 e. The molecule has 2 saturated heterocycles. The quantitative estimate of drug-likeness (QED) is 0.336. The van der Waals surface area contributed by atoms with Crippen molar-refractivity contribution >= 4 is 16.8 Å². The first-order valence-corrected chi connectivity index (χ1v) is 13.2. The van der Waals surface area contributed by atoms with E-state index < -0.39 is 11.6 Å². The van der Waals surface area contributed by atoms with E-state index in [1.807, 2.05) is 12.1 Å². The molecule has 2 aliphatic rings. The number of likely N-dealkylation sites (tertiary alicyclic amines) is 1. The predicted molar refractivity (Wildman–Crippen MR) is 140 cm³/mol. The molecule has 2 aromatic carbocycles. The average Bonchev–Trinajstić information content (AvgIpc) is 3.16. The van der Waals surface area contributed by atoms with E-state index in [4.69, 9.17) is 5.21 Å². The van der Waals surface area contributed by atoms with Crippen LogP contribution in [0.25, 0.3) is 10.9 Å². The maximum absolute atomic E-state index is 15.2. The Hall–Kier alpha value is -2.74. The SMILES string of the molecule is Cc1c(Cc2ccc(C(=O)NO)cc2)c2ccccc2n1CC1CCN(CC2(F)CCNCC2)CC1. The molecule has 192 valence electrons. The molecule has 0 spiro atoms. The Bertz CT molecular complexity index is 1190. The zero-order chi connectivity index (χ0) is 25.1. The largest absolute Gasteiger partial charge is 0.344 e. The third-order valence-electron chi connectivity index (χ3n) is 8.21. The molecule has 0 saturated carbocycles. The molecule has 0 unspecified atom stereocenters. The van der Waals surface area contributed by atoms with Crippen LogP contribution in [0.15, 0.2) is 48.5 Å². The monoisotopic (exact) mass is 492 g/mol. The Kier molecular flexibility index (Phi) is 7.42. The summed E-state index contributed by atoms with van der Waals surface area (Å²) in [7, 11) is 0. The number of fused-ring (bicyclic) bond motifs is 1. The van der Waals surface area contributed by atoms with Gasteiger partial charge in [0.2, 0.25) is 0 Å². The van der Waals surface area contributed by atoms with Gasteiger partial charge in [0.25, 0.3) is 5.91 Å². The summed E-state index contributed by atoms with van der Waals surface area (Å²) < 4.78 is 17.6. The molecular weight excluding hydrogens is 455 g/mol. The van der Waals surface area contributed by atoms with Crippen molar-refractivity contribution in [1.29, 1.82) is 0 Å². The summed E-state index contributed by atoms with van der Waals surface area (Å²) in [6.07, 6.45) is 4.24. The summed E-state index contributed by atoms with van der Waals surface area (Å²) in [5.41, 5.74) is 6.08. The molecule has 1 amide bonds. The lowest BCUT2D eigenvalue weighted by Gasteiger charge is -2.38. The van der Waals surface area contributed by atoms with Crippen molar-refractivity contribution in [2.45, 2.75) is 51.2 Å². The molecule has 5 rings (SSSR count). The van der Waals surface area contributed by atoms with E-state index in [2.05, 4.69) is 46.0 Å². The molecule has 1 aromatic heterocycles. The van der Waals surface area contributed by atoms with Crippen LogP contribution in [0.3, 0.4) is 0 Å². The molecular formula is C29H37FN4O2. The van der Waals surface area contributed by atoms with Gasteiger partial charge in [-0.15, -0.1) is 0 Å². The van der Waals surface area contributed by atoms with Gasteiger partial charge in [0.15, 0.2) is 0 Å². The van der Waals surface area contributed by atoms with Crippen molar-refractivity contribution in [3.8, 4) is 0 Å². The zero-order valence-electron chi connectivity index (χ0n) is 21.1. The van der Waals surface area contributed by atoms with Crippen molar-refractivity contribution in [2.24, 2.45) is 5.92 Å². The number of halogens is 1. The number of benzene rings is 2. The molecule has 36 heavy (non-hydrogen) atoms. The van der Waals surface area contributed by atoms with Crippen LogP contribution in [0.4, 0.5) is 4.39 Å². The molecule has 7 heteroatoms. The minimum atomic E-state index is -1.03. The number of hydroxylamine groups is 1. The van der Waals surface area contributed by atoms with Crippen LogP contribution in [0, 0.1) is 12.8 Å². The van der Waals surface area contributed by atoms with E-state index in [-0.39, 0.29) is 0 Å². The highest BCUT2D eigenvalue weighted by Gasteiger charge is 2.35. The van der Waals surface area contributed by atoms with Gasteiger partial charge < -0.3 is 14.8 Å². The maximum atomic E-state index is 15.2. The lowest BCUT2D eigenvalue weighted by molar-refractivity contribution is 0.0446. The lowest BCUT2D eigenvalue weighted by atomic mass is 9.91. The van der Waals surface area contributed by atoms with Crippen molar-refractivity contribution in [1.82, 2.24) is 20.3 Å². The summed E-state index contributed by atoms with van der Waals surface area (Å²) >= 11 is 0. The normalized spacial score (nSPS) is 19.0. The second-order valence-electron chi connectivity index (χ2n) is 10.6. The number of nitrogens with zero attached hydrogens (tertiary/aromatic N) is 2. The summed E-state index contributed by atoms with van der Waals surface area (Å²) in [6.45, 7) is 7.30. The molecule has 2 fully saturated rings. The highest BCUT2D eigenvalue weighted by atomic mass is 19.1. The molecule has 6 nitrogen and oxygen atoms in total. The number of rotatable bonds is 7. The zero-order valence-corrected chi connectivity index (χ0v) is 21.1. The Labute approximate surface area is 212 Å². The number of carbonyl (C=O) groups excluding carboxylic acids is 1. The van der Waals surface area contributed by atoms with Crippen LogP contribution in [-0.2, 0) is 13.0 Å². The van der Waals surface area contributed by atoms with Crippen LogP contribution in [-0.4, -0.2) is 59.0 Å². The Morgan fingerprint density at radius 2 is 1.81 bits per heavy atom. The molecule has 0 radical (unpaired) electrons. The van der Waals surface area contributed by atoms with Gasteiger partial charge in [0.1, 0.15) is 5.67 Å². The van der Waals surface area contributed by atoms with E-state index in [0.717, 1.165) is 57.5 Å². The molecule has 0 atom stereocenters. The highest BCUT2D eigenvalue weighted by molar-refractivity contribution is 5.93. The predicted octanol–water partition coefficient (Wildman–Crippen LogP) is 4.46. The standard InChI is InChI=1S/C29H37FN4O2/c1-21-26(18-22-6-8-24(9-7-22)28(35)32-36)25-4-2-3-5-27(25)34(21)19-23-10-16-33(17-11-23)20-29(30)12-14-31-15-13-29/h2-9,23,31,36H,10-20H2,1H3,(H,32,35). The second kappa shape index (κ2) is 10.7. The van der Waals surface area contributed by atoms with Gasteiger partial charge >= 0.3 is 0 Å². The Balaban J connectivity index is 1.28. The lowest BCUT2D eigenvalue weighted by Crippen LogP contribution is -2.49. The summed E-state index contributed by atoms with van der Waals surface area (Å²) in [5.74, 6) is 0.0845. The topological polar surface area (TPSA) is 69.5 Å². The number of hydrogen-bond acceptors (Lipinski definition) is 4. The fourth-order valence-corrected chi connectivity index (χ4v) is 6.02. The molecule has 3 N–H and O–H groups in total. The first kappa shape index (κ1) is 24.9. The van der Waals surface area contributed by atoms with Crippen molar-refractivity contribution < 1.29 is 14.4 Å². The van der Waals surface area contributed by atoms with Gasteiger partial charge in [0, 0.05) is 35.2 Å². The number of alkyl halides is 1. The summed E-state index contributed by atoms with van der Waals surface area (Å²) in [6, 6.07) is 16.0. The van der Waals surface area contributed by atoms with E-state index >= 15 is 4.39 Å². The van der Waals surface area contributed by atoms with Gasteiger partial charge in [-0.25, -0.2) is 9.87 Å². The molecule has 0 aliphatic carbocycles. The van der Waals surface area contributed by atoms with Crippen molar-refractivity contribution in [3.05, 3.63) is 70.9 Å². The van der Waals surface area contributed by atoms with Gasteiger partial charge in [0.05, 0.1) is 0 Å². The molecule has 3 aromatic rings. The highest BCUT2D eigenvalue weighted by Crippen LogP contribution is 2.32. The van der Waals surface area contributed by atoms with Crippen molar-refractivity contribution in [2.75, 3.05) is 32.7 Å². The summed E-state index contributed by atoms with van der Waals surface area (Å²) in [5, 5.41) is 13.4. The smallest absolute Gasteiger partial charge is 0.274 e. The number of hydrogen-bond donors (Lipinski definition) is 3. The average molecular weight is 493 g/mol. The third kappa shape index (κ3) is 5.33. The number of carbonyl (C=O) groups is 1. The number of aromatic nitrogens is 1. The maximum Gasteiger partial charge on any atom is 0.274 e. The Morgan fingerprint density at radius 1 is 1.11 bits per heavy atom. The van der Waals surface area contributed by atoms with E-state index in [0.29, 0.717) is 30.9 Å². The molecule has 2 aliphatic heterocycles. The molecule has 0 bridgehead atoms. The molecule has 3 heterocycles. The van der Waals surface area contributed by atoms with Gasteiger partial charge in [-0.3, -0.25) is 10.0 Å². The van der Waals surface area contributed by atoms with Crippen LogP contribution >= 0.6 is 0 Å². The third-order valence-corrected chi connectivity index (χ3v) is 8.21. The van der Waals surface area contributed by atoms with Gasteiger partial charge in [-0.2, -0.15) is 0 Å². The number of piperidine rings is 2. The minimum absolute atomic E-state index is 0.436. The first-order chi connectivity index (χ1) is 17.5. The second-order valence-corrected chi connectivity index (χ2v) is 10.6. The van der Waals surface area contributed by atoms with Gasteiger partial charge in [-0.1, -0.05) is 30.3 Å². The van der Waals surface area contributed by atoms with E-state index in [1.165, 1.54) is 22.2 Å². The summed E-state index contributed by atoms with van der Waals surface area (Å²) in [4.78, 5) is 14.0. The Morgan fingerprint density at radius 3 is 2.50 bits per heavy atom. The van der Waals surface area contributed by atoms with E-state index in [1.54, 1.807) is 17.6 Å². The number of nitrogens with one attached hydrogen (secondary N) is 2. The fraction of sp³-hybridized carbons (Fsp3) is 0.483. The van der Waals surface area contributed by atoms with Crippen LogP contribution < -0.4 is 10.8 Å².